The Morgan fingerprint density at radius 2 is 1.89 bits per heavy atom. The van der Waals surface area contributed by atoms with E-state index in [0.717, 1.165) is 29.1 Å². The largest absolute Gasteiger partial charge is 0.357 e. The average molecular weight is 406 g/mol. The normalized spacial score (nSPS) is 12.2. The highest BCUT2D eigenvalue weighted by Gasteiger charge is 2.12. The van der Waals surface area contributed by atoms with Gasteiger partial charge in [0.25, 0.3) is 0 Å². The molecule has 1 aromatic heterocycles. The molecule has 0 amide bonds. The Morgan fingerprint density at radius 1 is 1.18 bits per heavy atom. The number of benzene rings is 1. The number of hydrogen-bond acceptors (Lipinski definition) is 4. The molecule has 154 valence electrons. The van der Waals surface area contributed by atoms with Crippen LogP contribution in [0.15, 0.2) is 35.3 Å². The molecular weight excluding hydrogens is 374 g/mol. The van der Waals surface area contributed by atoms with Crippen molar-refractivity contribution in [2.45, 2.75) is 39.5 Å². The van der Waals surface area contributed by atoms with Crippen molar-refractivity contribution in [2.75, 3.05) is 18.8 Å². The minimum atomic E-state index is -3.12. The van der Waals surface area contributed by atoms with E-state index >= 15 is 0 Å². The highest BCUT2D eigenvalue weighted by Crippen LogP contribution is 2.12. The van der Waals surface area contributed by atoms with Crippen molar-refractivity contribution in [3.8, 4) is 0 Å². The summed E-state index contributed by atoms with van der Waals surface area (Å²) in [5, 5.41) is 10.8. The average Bonchev–Trinajstić information content (AvgIpc) is 2.89. The number of rotatable bonds is 9. The zero-order valence-electron chi connectivity index (χ0n) is 17.2. The Kier molecular flexibility index (Phi) is 8.04. The number of guanidine groups is 1. The molecule has 28 heavy (non-hydrogen) atoms. The molecule has 0 saturated heterocycles. The summed E-state index contributed by atoms with van der Waals surface area (Å²) in [6, 6.07) is 9.28. The number of hydrogen-bond donors (Lipinski definition) is 2. The van der Waals surface area contributed by atoms with Gasteiger partial charge in [0.15, 0.2) is 15.8 Å². The van der Waals surface area contributed by atoms with Crippen LogP contribution < -0.4 is 10.6 Å². The van der Waals surface area contributed by atoms with Crippen molar-refractivity contribution in [2.24, 2.45) is 12.0 Å². The number of nitrogens with one attached hydrogen (secondary N) is 2. The first-order valence-corrected chi connectivity index (χ1v) is 11.4. The fourth-order valence-corrected chi connectivity index (χ4v) is 4.37. The lowest BCUT2D eigenvalue weighted by Gasteiger charge is -2.11. The van der Waals surface area contributed by atoms with Crippen LogP contribution in [0.1, 0.15) is 35.9 Å². The summed E-state index contributed by atoms with van der Waals surface area (Å²) in [5.74, 6) is 0.919. The molecule has 2 N–H and O–H groups in total. The van der Waals surface area contributed by atoms with Crippen LogP contribution in [0.3, 0.4) is 0 Å². The zero-order chi connectivity index (χ0) is 20.6. The molecule has 0 atom stereocenters. The molecule has 0 bridgehead atoms. The zero-order valence-corrected chi connectivity index (χ0v) is 18.0. The third-order valence-corrected chi connectivity index (χ3v) is 6.24. The lowest BCUT2D eigenvalue weighted by Crippen LogP contribution is -2.38. The minimum absolute atomic E-state index is 0.0849. The van der Waals surface area contributed by atoms with Gasteiger partial charge in [0.05, 0.1) is 23.7 Å². The molecule has 7 nitrogen and oxygen atoms in total. The second kappa shape index (κ2) is 10.3. The molecule has 0 radical (unpaired) electrons. The minimum Gasteiger partial charge on any atom is -0.357 e. The SMILES string of the molecule is CCNC(=NCc1c(C)nn(C)c1C)NCCCS(=O)(=O)Cc1ccccc1. The summed E-state index contributed by atoms with van der Waals surface area (Å²) in [4.78, 5) is 4.61. The smallest absolute Gasteiger partial charge is 0.191 e. The van der Waals surface area contributed by atoms with Crippen LogP contribution in [0.5, 0.6) is 0 Å². The second-order valence-electron chi connectivity index (χ2n) is 6.83. The summed E-state index contributed by atoms with van der Waals surface area (Å²) in [6.45, 7) is 7.84. The van der Waals surface area contributed by atoms with Gasteiger partial charge in [0.1, 0.15) is 0 Å². The van der Waals surface area contributed by atoms with E-state index in [2.05, 4.69) is 20.7 Å². The summed E-state index contributed by atoms with van der Waals surface area (Å²) < 4.78 is 26.4. The molecule has 2 aromatic rings. The highest BCUT2D eigenvalue weighted by atomic mass is 32.2. The van der Waals surface area contributed by atoms with Crippen molar-refractivity contribution in [1.82, 2.24) is 20.4 Å². The predicted octanol–water partition coefficient (Wildman–Crippen LogP) is 2.10. The molecule has 0 spiro atoms. The van der Waals surface area contributed by atoms with Crippen molar-refractivity contribution in [3.63, 3.8) is 0 Å². The number of aromatic nitrogens is 2. The highest BCUT2D eigenvalue weighted by molar-refractivity contribution is 7.90. The monoisotopic (exact) mass is 405 g/mol. The van der Waals surface area contributed by atoms with Gasteiger partial charge in [-0.05, 0) is 32.8 Å². The van der Waals surface area contributed by atoms with Gasteiger partial charge in [-0.25, -0.2) is 13.4 Å². The van der Waals surface area contributed by atoms with E-state index < -0.39 is 9.84 Å². The van der Waals surface area contributed by atoms with E-state index in [0.29, 0.717) is 25.5 Å². The van der Waals surface area contributed by atoms with Crippen molar-refractivity contribution < 1.29 is 8.42 Å². The van der Waals surface area contributed by atoms with Crippen LogP contribution in [0.4, 0.5) is 0 Å². The van der Waals surface area contributed by atoms with Crippen LogP contribution in [0.25, 0.3) is 0 Å². The quantitative estimate of drug-likeness (QED) is 0.379. The van der Waals surface area contributed by atoms with E-state index in [9.17, 15) is 8.42 Å². The van der Waals surface area contributed by atoms with Gasteiger partial charge < -0.3 is 10.6 Å². The topological polar surface area (TPSA) is 88.4 Å². The van der Waals surface area contributed by atoms with E-state index in [1.807, 2.05) is 62.8 Å². The Balaban J connectivity index is 1.85. The molecule has 0 aliphatic carbocycles. The van der Waals surface area contributed by atoms with Crippen LogP contribution in [-0.4, -0.2) is 43.0 Å². The molecule has 0 aliphatic heterocycles. The van der Waals surface area contributed by atoms with Crippen molar-refractivity contribution in [3.05, 3.63) is 52.8 Å². The Hall–Kier alpha value is -2.35. The van der Waals surface area contributed by atoms with Crippen LogP contribution in [0.2, 0.25) is 0 Å². The van der Waals surface area contributed by atoms with Gasteiger partial charge in [0.2, 0.25) is 0 Å². The van der Waals surface area contributed by atoms with E-state index in [1.54, 1.807) is 0 Å². The molecule has 0 aliphatic rings. The molecule has 0 saturated carbocycles. The van der Waals surface area contributed by atoms with Gasteiger partial charge in [-0.15, -0.1) is 0 Å². The second-order valence-corrected chi connectivity index (χ2v) is 9.01. The third-order valence-electron chi connectivity index (χ3n) is 4.55. The summed E-state index contributed by atoms with van der Waals surface area (Å²) in [6.07, 6.45) is 0.532. The first kappa shape index (κ1) is 21.9. The predicted molar refractivity (Wildman–Crippen MR) is 114 cm³/mol. The fraction of sp³-hybridized carbons (Fsp3) is 0.500. The maximum atomic E-state index is 12.3. The molecular formula is C20H31N5O2S. The van der Waals surface area contributed by atoms with Gasteiger partial charge in [-0.2, -0.15) is 5.10 Å². The standard InChI is InChI=1S/C20H31N5O2S/c1-5-21-20(23-14-19-16(2)24-25(4)17(19)3)22-12-9-13-28(26,27)15-18-10-7-6-8-11-18/h6-8,10-11H,5,9,12-15H2,1-4H3,(H2,21,22,23). The molecule has 0 unspecified atom stereocenters. The first-order valence-electron chi connectivity index (χ1n) is 9.58. The Bertz CT molecular complexity index is 889. The molecule has 1 aromatic carbocycles. The summed E-state index contributed by atoms with van der Waals surface area (Å²) in [5.41, 5.74) is 4.02. The number of nitrogens with zero attached hydrogens (tertiary/aromatic N) is 3. The van der Waals surface area contributed by atoms with E-state index in [4.69, 9.17) is 0 Å². The molecule has 0 fully saturated rings. The van der Waals surface area contributed by atoms with E-state index in [1.165, 1.54) is 0 Å². The summed E-state index contributed by atoms with van der Waals surface area (Å²) >= 11 is 0. The molecule has 2 rings (SSSR count). The lowest BCUT2D eigenvalue weighted by molar-refractivity contribution is 0.591. The third kappa shape index (κ3) is 6.67. The molecule has 8 heteroatoms. The Morgan fingerprint density at radius 3 is 2.50 bits per heavy atom. The maximum absolute atomic E-state index is 12.3. The first-order chi connectivity index (χ1) is 13.3. The van der Waals surface area contributed by atoms with Crippen LogP contribution in [0, 0.1) is 13.8 Å². The summed E-state index contributed by atoms with van der Waals surface area (Å²) in [7, 11) is -1.19. The lowest BCUT2D eigenvalue weighted by atomic mass is 10.2. The van der Waals surface area contributed by atoms with Gasteiger partial charge >= 0.3 is 0 Å². The maximum Gasteiger partial charge on any atom is 0.191 e. The molecule has 1 heterocycles. The number of aliphatic imine (C=N–C) groups is 1. The van der Waals surface area contributed by atoms with Crippen LogP contribution >= 0.6 is 0 Å². The number of aryl methyl sites for hydroxylation is 2. The van der Waals surface area contributed by atoms with Gasteiger partial charge in [-0.3, -0.25) is 4.68 Å². The van der Waals surface area contributed by atoms with Crippen molar-refractivity contribution in [1.29, 1.82) is 0 Å². The Labute approximate surface area is 168 Å². The number of sulfone groups is 1. The van der Waals surface area contributed by atoms with Crippen molar-refractivity contribution >= 4 is 15.8 Å². The fourth-order valence-electron chi connectivity index (χ4n) is 2.95. The van der Waals surface area contributed by atoms with Crippen LogP contribution in [-0.2, 0) is 29.2 Å². The van der Waals surface area contributed by atoms with E-state index in [-0.39, 0.29) is 11.5 Å². The van der Waals surface area contributed by atoms with Gasteiger partial charge in [-0.1, -0.05) is 30.3 Å². The van der Waals surface area contributed by atoms with Gasteiger partial charge in [0, 0.05) is 31.4 Å².